The maximum Gasteiger partial charge on any atom is 0.0983 e. The zero-order valence-electron chi connectivity index (χ0n) is 11.9. The van der Waals surface area contributed by atoms with Crippen LogP contribution in [0, 0.1) is 5.92 Å². The van der Waals surface area contributed by atoms with Crippen LogP contribution in [-0.4, -0.2) is 11.5 Å². The lowest BCUT2D eigenvalue weighted by Gasteiger charge is -2.06. The minimum atomic E-state index is 0.698. The molecule has 2 aromatic heterocycles. The van der Waals surface area contributed by atoms with Gasteiger partial charge in [0.25, 0.3) is 0 Å². The van der Waals surface area contributed by atoms with Gasteiger partial charge >= 0.3 is 0 Å². The molecule has 19 heavy (non-hydrogen) atoms. The number of hydrogen-bond acceptors (Lipinski definition) is 4. The van der Waals surface area contributed by atoms with E-state index in [1.807, 2.05) is 22.7 Å². The third-order valence-electron chi connectivity index (χ3n) is 2.90. The van der Waals surface area contributed by atoms with E-state index < -0.39 is 0 Å². The lowest BCUT2D eigenvalue weighted by atomic mass is 10.2. The third-order valence-corrected chi connectivity index (χ3v) is 4.88. The van der Waals surface area contributed by atoms with Gasteiger partial charge in [-0.1, -0.05) is 26.8 Å². The van der Waals surface area contributed by atoms with Crippen molar-refractivity contribution in [1.82, 2.24) is 10.3 Å². The van der Waals surface area contributed by atoms with Gasteiger partial charge < -0.3 is 5.32 Å². The molecule has 0 aromatic carbocycles. The molecule has 0 bridgehead atoms. The summed E-state index contributed by atoms with van der Waals surface area (Å²) in [5, 5.41) is 6.91. The van der Waals surface area contributed by atoms with Crippen molar-refractivity contribution in [1.29, 1.82) is 0 Å². The van der Waals surface area contributed by atoms with Crippen LogP contribution in [0.25, 0.3) is 0 Å². The third kappa shape index (κ3) is 4.41. The first-order valence-electron chi connectivity index (χ1n) is 6.89. The highest BCUT2D eigenvalue weighted by Crippen LogP contribution is 2.23. The Balaban J connectivity index is 2.00. The normalized spacial score (nSPS) is 11.4. The molecular formula is C15H22N2S2. The van der Waals surface area contributed by atoms with Crippen molar-refractivity contribution in [2.24, 2.45) is 5.92 Å². The molecule has 0 atom stereocenters. The lowest BCUT2D eigenvalue weighted by Crippen LogP contribution is -2.18. The van der Waals surface area contributed by atoms with E-state index in [0.29, 0.717) is 5.92 Å². The number of aryl methyl sites for hydroxylation is 1. The molecule has 2 nitrogen and oxygen atoms in total. The number of thiophene rings is 1. The molecule has 0 saturated heterocycles. The van der Waals surface area contributed by atoms with Crippen LogP contribution in [0.4, 0.5) is 0 Å². The Kier molecular flexibility index (Phi) is 5.55. The van der Waals surface area contributed by atoms with Crippen LogP contribution >= 0.6 is 22.7 Å². The van der Waals surface area contributed by atoms with Crippen molar-refractivity contribution in [2.75, 3.05) is 6.54 Å². The van der Waals surface area contributed by atoms with E-state index in [-0.39, 0.29) is 0 Å². The average Bonchev–Trinajstić information content (AvgIpc) is 2.99. The van der Waals surface area contributed by atoms with E-state index in [0.717, 1.165) is 25.9 Å². The van der Waals surface area contributed by atoms with E-state index in [4.69, 9.17) is 4.98 Å². The molecular weight excluding hydrogens is 272 g/mol. The second kappa shape index (κ2) is 7.17. The minimum Gasteiger partial charge on any atom is -0.312 e. The van der Waals surface area contributed by atoms with Gasteiger partial charge in [0, 0.05) is 22.7 Å². The fourth-order valence-corrected chi connectivity index (χ4v) is 3.91. The first-order chi connectivity index (χ1) is 9.19. The summed E-state index contributed by atoms with van der Waals surface area (Å²) in [6, 6.07) is 4.30. The average molecular weight is 294 g/mol. The van der Waals surface area contributed by atoms with Crippen LogP contribution in [0.1, 0.15) is 41.2 Å². The van der Waals surface area contributed by atoms with E-state index in [9.17, 15) is 0 Å². The fraction of sp³-hybridized carbons (Fsp3) is 0.533. The van der Waals surface area contributed by atoms with Crippen molar-refractivity contribution >= 4 is 22.7 Å². The highest BCUT2D eigenvalue weighted by atomic mass is 32.1. The molecule has 2 rings (SSSR count). The quantitative estimate of drug-likeness (QED) is 0.831. The van der Waals surface area contributed by atoms with Crippen molar-refractivity contribution in [3.8, 4) is 0 Å². The Labute approximate surface area is 123 Å². The molecule has 0 saturated carbocycles. The smallest absolute Gasteiger partial charge is 0.0983 e. The topological polar surface area (TPSA) is 24.9 Å². The summed E-state index contributed by atoms with van der Waals surface area (Å²) in [5.41, 5.74) is 1.27. The van der Waals surface area contributed by atoms with Crippen molar-refractivity contribution in [3.63, 3.8) is 0 Å². The zero-order valence-corrected chi connectivity index (χ0v) is 13.5. The monoisotopic (exact) mass is 294 g/mol. The highest BCUT2D eigenvalue weighted by molar-refractivity contribution is 7.12. The molecule has 0 fully saturated rings. The van der Waals surface area contributed by atoms with Gasteiger partial charge in [0.2, 0.25) is 0 Å². The van der Waals surface area contributed by atoms with E-state index in [1.54, 1.807) is 0 Å². The number of nitrogens with zero attached hydrogens (tertiary/aromatic N) is 1. The summed E-state index contributed by atoms with van der Waals surface area (Å²) in [6.07, 6.45) is 2.01. The van der Waals surface area contributed by atoms with Crippen LogP contribution < -0.4 is 5.32 Å². The van der Waals surface area contributed by atoms with Gasteiger partial charge in [-0.05, 0) is 30.3 Å². The Morgan fingerprint density at radius 3 is 2.84 bits per heavy atom. The summed E-state index contributed by atoms with van der Waals surface area (Å²) in [5.74, 6) is 0.698. The van der Waals surface area contributed by atoms with Gasteiger partial charge in [0.15, 0.2) is 0 Å². The van der Waals surface area contributed by atoms with Gasteiger partial charge in [-0.15, -0.1) is 22.7 Å². The van der Waals surface area contributed by atoms with E-state index in [2.05, 4.69) is 43.6 Å². The molecule has 104 valence electrons. The van der Waals surface area contributed by atoms with Crippen LogP contribution in [0.3, 0.4) is 0 Å². The summed E-state index contributed by atoms with van der Waals surface area (Å²) in [6.45, 7) is 8.70. The first-order valence-corrected chi connectivity index (χ1v) is 8.59. The van der Waals surface area contributed by atoms with Gasteiger partial charge in [-0.2, -0.15) is 0 Å². The number of nitrogens with one attached hydrogen (secondary N) is 1. The van der Waals surface area contributed by atoms with Crippen molar-refractivity contribution < 1.29 is 0 Å². The van der Waals surface area contributed by atoms with Gasteiger partial charge in [-0.3, -0.25) is 0 Å². The lowest BCUT2D eigenvalue weighted by molar-refractivity contribution is 0.553. The predicted octanol–water partition coefficient (Wildman–Crippen LogP) is 4.10. The number of rotatable bonds is 7. The van der Waals surface area contributed by atoms with Gasteiger partial charge in [-0.25, -0.2) is 4.98 Å². The van der Waals surface area contributed by atoms with E-state index >= 15 is 0 Å². The number of thiazole rings is 1. The van der Waals surface area contributed by atoms with Gasteiger partial charge in [0.1, 0.15) is 0 Å². The summed E-state index contributed by atoms with van der Waals surface area (Å²) in [4.78, 5) is 7.60. The molecule has 0 aliphatic carbocycles. The summed E-state index contributed by atoms with van der Waals surface area (Å²) >= 11 is 3.68. The second-order valence-corrected chi connectivity index (χ2v) is 7.31. The maximum absolute atomic E-state index is 4.79. The number of aromatic nitrogens is 1. The summed E-state index contributed by atoms with van der Waals surface area (Å²) in [7, 11) is 0. The second-order valence-electron chi connectivity index (χ2n) is 5.11. The predicted molar refractivity (Wildman–Crippen MR) is 85.2 cm³/mol. The first kappa shape index (κ1) is 14.7. The van der Waals surface area contributed by atoms with Gasteiger partial charge in [0.05, 0.1) is 10.7 Å². The van der Waals surface area contributed by atoms with E-state index in [1.165, 1.54) is 20.5 Å². The molecule has 0 aliphatic heterocycles. The maximum atomic E-state index is 4.79. The van der Waals surface area contributed by atoms with Crippen molar-refractivity contribution in [3.05, 3.63) is 38.0 Å². The van der Waals surface area contributed by atoms with Crippen LogP contribution in [0.15, 0.2) is 17.5 Å². The Hall–Kier alpha value is -0.710. The molecule has 2 heterocycles. The molecule has 0 radical (unpaired) electrons. The summed E-state index contributed by atoms with van der Waals surface area (Å²) < 4.78 is 0. The molecule has 0 unspecified atom stereocenters. The molecule has 0 aliphatic rings. The van der Waals surface area contributed by atoms with Crippen LogP contribution in [0.2, 0.25) is 0 Å². The number of hydrogen-bond donors (Lipinski definition) is 1. The Bertz CT molecular complexity index is 486. The van der Waals surface area contributed by atoms with Crippen LogP contribution in [-0.2, 0) is 19.4 Å². The standard InChI is InChI=1S/C15H22N2S2/c1-4-13-14(10-16-9-11(2)3)19-15(17-13)8-12-6-5-7-18-12/h5-7,11,16H,4,8-10H2,1-3H3. The highest BCUT2D eigenvalue weighted by Gasteiger charge is 2.10. The molecule has 2 aromatic rings. The van der Waals surface area contributed by atoms with Crippen LogP contribution in [0.5, 0.6) is 0 Å². The zero-order chi connectivity index (χ0) is 13.7. The molecule has 0 amide bonds. The van der Waals surface area contributed by atoms with Crippen molar-refractivity contribution in [2.45, 2.75) is 40.2 Å². The Morgan fingerprint density at radius 1 is 1.37 bits per heavy atom. The molecule has 1 N–H and O–H groups in total. The molecule has 4 heteroatoms. The largest absolute Gasteiger partial charge is 0.312 e. The Morgan fingerprint density at radius 2 is 2.21 bits per heavy atom. The molecule has 0 spiro atoms. The SMILES string of the molecule is CCc1nc(Cc2cccs2)sc1CNCC(C)C. The minimum absolute atomic E-state index is 0.698. The fourth-order valence-electron chi connectivity index (χ4n) is 1.96.